The summed E-state index contributed by atoms with van der Waals surface area (Å²) < 4.78 is 29.2. The molecule has 1 aliphatic heterocycles. The van der Waals surface area contributed by atoms with Gasteiger partial charge < -0.3 is 20.3 Å². The Bertz CT molecular complexity index is 657. The number of piperazine rings is 1. The first-order valence-corrected chi connectivity index (χ1v) is 8.81. The molecule has 26 heavy (non-hydrogen) atoms. The van der Waals surface area contributed by atoms with E-state index in [1.165, 1.54) is 31.4 Å². The molecule has 0 saturated carbocycles. The number of thioether (sulfide) groups is 1. The van der Waals surface area contributed by atoms with E-state index in [4.69, 9.17) is 0 Å². The molecule has 1 fully saturated rings. The summed E-state index contributed by atoms with van der Waals surface area (Å²) in [5.41, 5.74) is 0.471. The highest BCUT2D eigenvalue weighted by Gasteiger charge is 2.36. The summed E-state index contributed by atoms with van der Waals surface area (Å²) in [7, 11) is 1.24. The molecule has 1 heterocycles. The minimum Gasteiger partial charge on any atom is -0.469 e. The summed E-state index contributed by atoms with van der Waals surface area (Å²) >= 11 is 0.424. The molecule has 1 unspecified atom stereocenters. The van der Waals surface area contributed by atoms with E-state index >= 15 is 0 Å². The Balaban J connectivity index is 1.94. The average Bonchev–Trinajstić information content (AvgIpc) is 2.59. The second-order valence-electron chi connectivity index (χ2n) is 5.66. The number of ether oxygens (including phenoxy) is 1. The van der Waals surface area contributed by atoms with E-state index in [1.54, 1.807) is 0 Å². The third-order valence-electron chi connectivity index (χ3n) is 3.90. The molecule has 0 aromatic heterocycles. The highest BCUT2D eigenvalue weighted by Crippen LogP contribution is 2.26. The van der Waals surface area contributed by atoms with Crippen molar-refractivity contribution in [3.63, 3.8) is 0 Å². The number of amides is 2. The van der Waals surface area contributed by atoms with Crippen LogP contribution in [0.5, 0.6) is 0 Å². The fraction of sp³-hybridized carbons (Fsp3) is 0.438. The normalized spacial score (nSPS) is 19.8. The van der Waals surface area contributed by atoms with Gasteiger partial charge in [0, 0.05) is 10.6 Å². The number of hydrogen-bond donors (Lipinski definition) is 3. The molecule has 0 radical (unpaired) electrons. The monoisotopic (exact) mass is 388 g/mol. The zero-order valence-electron chi connectivity index (χ0n) is 14.1. The number of alkyl halides is 2. The molecule has 10 heteroatoms. The van der Waals surface area contributed by atoms with Crippen molar-refractivity contribution in [3.8, 4) is 0 Å². The fourth-order valence-electron chi connectivity index (χ4n) is 2.66. The van der Waals surface area contributed by atoms with Gasteiger partial charge >= 0.3 is 5.97 Å². The number of quaternary nitrogens is 1. The maximum absolute atomic E-state index is 12.3. The number of hydrogen-bond acceptors (Lipinski definition) is 5. The van der Waals surface area contributed by atoms with Crippen LogP contribution in [0.25, 0.3) is 0 Å². The number of carbonyl (C=O) groups is 3. The first kappa shape index (κ1) is 20.1. The summed E-state index contributed by atoms with van der Waals surface area (Å²) in [6.07, 6.45) is -0.107. The molecule has 2 rings (SSSR count). The van der Waals surface area contributed by atoms with Crippen molar-refractivity contribution in [1.29, 1.82) is 0 Å². The van der Waals surface area contributed by atoms with Crippen LogP contribution in [0.1, 0.15) is 6.42 Å². The fourth-order valence-corrected chi connectivity index (χ4v) is 3.16. The van der Waals surface area contributed by atoms with Crippen molar-refractivity contribution >= 4 is 35.2 Å². The average molecular weight is 388 g/mol. The molecule has 2 amide bonds. The van der Waals surface area contributed by atoms with Crippen molar-refractivity contribution in [3.05, 3.63) is 24.3 Å². The van der Waals surface area contributed by atoms with Crippen LogP contribution in [0.3, 0.4) is 0 Å². The molecule has 0 aliphatic carbocycles. The standard InChI is InChI=1S/C16H19F2N3O4S/c1-25-14(23)8-12-15(24)19-6-7-21(12)9-13(22)20-10-2-4-11(5-3-10)26-16(17)18/h2-5,12,16H,6-9H2,1H3,(H,19,24)(H,20,22)/p+1/t12-/m0/s1. The molecule has 0 spiro atoms. The largest absolute Gasteiger partial charge is 0.469 e. The van der Waals surface area contributed by atoms with Gasteiger partial charge in [-0.25, -0.2) is 0 Å². The number of methoxy groups -OCH3 is 1. The molecule has 3 N–H and O–H groups in total. The van der Waals surface area contributed by atoms with Gasteiger partial charge in [-0.2, -0.15) is 8.78 Å². The predicted octanol–water partition coefficient (Wildman–Crippen LogP) is -0.114. The van der Waals surface area contributed by atoms with Crippen molar-refractivity contribution in [2.45, 2.75) is 23.1 Å². The van der Waals surface area contributed by atoms with E-state index in [9.17, 15) is 23.2 Å². The number of benzene rings is 1. The Morgan fingerprint density at radius 3 is 2.69 bits per heavy atom. The van der Waals surface area contributed by atoms with Gasteiger partial charge in [0.2, 0.25) is 0 Å². The third-order valence-corrected chi connectivity index (χ3v) is 4.63. The first-order chi connectivity index (χ1) is 12.4. The lowest BCUT2D eigenvalue weighted by Gasteiger charge is -2.30. The third kappa shape index (κ3) is 5.95. The lowest BCUT2D eigenvalue weighted by molar-refractivity contribution is -0.909. The minimum atomic E-state index is -2.50. The van der Waals surface area contributed by atoms with Crippen LogP contribution in [0, 0.1) is 0 Å². The number of halogens is 2. The first-order valence-electron chi connectivity index (χ1n) is 7.93. The van der Waals surface area contributed by atoms with E-state index in [0.717, 1.165) is 0 Å². The van der Waals surface area contributed by atoms with Crippen LogP contribution in [0.15, 0.2) is 29.2 Å². The SMILES string of the molecule is COC(=O)C[C@H]1C(=O)NCC[NH+]1CC(=O)Nc1ccc(SC(F)F)cc1. The smallest absolute Gasteiger partial charge is 0.312 e. The van der Waals surface area contributed by atoms with Gasteiger partial charge in [0.1, 0.15) is 6.42 Å². The maximum atomic E-state index is 12.3. The van der Waals surface area contributed by atoms with E-state index in [1.807, 2.05) is 0 Å². The van der Waals surface area contributed by atoms with Crippen molar-refractivity contribution < 1.29 is 32.8 Å². The Labute approximate surface area is 153 Å². The van der Waals surface area contributed by atoms with Crippen LogP contribution in [-0.4, -0.2) is 56.3 Å². The summed E-state index contributed by atoms with van der Waals surface area (Å²) in [5, 5.41) is 5.34. The van der Waals surface area contributed by atoms with Gasteiger partial charge in [-0.3, -0.25) is 14.4 Å². The molecule has 1 aliphatic rings. The lowest BCUT2D eigenvalue weighted by atomic mass is 10.1. The molecular weight excluding hydrogens is 368 g/mol. The molecule has 0 bridgehead atoms. The van der Waals surface area contributed by atoms with Crippen molar-refractivity contribution in [2.75, 3.05) is 32.1 Å². The summed E-state index contributed by atoms with van der Waals surface area (Å²) in [6.45, 7) is 0.923. The molecule has 1 aromatic rings. The van der Waals surface area contributed by atoms with Crippen LogP contribution in [0.2, 0.25) is 0 Å². The van der Waals surface area contributed by atoms with E-state index in [-0.39, 0.29) is 24.8 Å². The molecule has 2 atom stereocenters. The van der Waals surface area contributed by atoms with Gasteiger partial charge in [-0.1, -0.05) is 11.8 Å². The molecular formula is C16H20F2N3O4S+. The van der Waals surface area contributed by atoms with E-state index < -0.39 is 17.8 Å². The Morgan fingerprint density at radius 1 is 1.38 bits per heavy atom. The maximum Gasteiger partial charge on any atom is 0.312 e. The Kier molecular flexibility index (Phi) is 7.34. The number of carbonyl (C=O) groups excluding carboxylic acids is 3. The summed E-state index contributed by atoms with van der Waals surface area (Å²) in [5.74, 6) is -3.65. The molecule has 1 aromatic carbocycles. The zero-order valence-corrected chi connectivity index (χ0v) is 14.9. The Hall–Kier alpha value is -2.20. The summed E-state index contributed by atoms with van der Waals surface area (Å²) in [4.78, 5) is 36.8. The number of rotatable bonds is 7. The Morgan fingerprint density at radius 2 is 2.08 bits per heavy atom. The van der Waals surface area contributed by atoms with Crippen molar-refractivity contribution in [2.24, 2.45) is 0 Å². The highest BCUT2D eigenvalue weighted by molar-refractivity contribution is 7.99. The van der Waals surface area contributed by atoms with Gasteiger partial charge in [-0.05, 0) is 24.3 Å². The minimum absolute atomic E-state index is 0.00260. The topological polar surface area (TPSA) is 88.9 Å². The van der Waals surface area contributed by atoms with Gasteiger partial charge in [0.15, 0.2) is 12.6 Å². The van der Waals surface area contributed by atoms with E-state index in [0.29, 0.717) is 40.3 Å². The molecule has 1 saturated heterocycles. The predicted molar refractivity (Wildman–Crippen MR) is 91.1 cm³/mol. The zero-order chi connectivity index (χ0) is 19.1. The van der Waals surface area contributed by atoms with Gasteiger partial charge in [0.05, 0.1) is 20.2 Å². The second-order valence-corrected chi connectivity index (χ2v) is 6.72. The quantitative estimate of drug-likeness (QED) is 0.448. The van der Waals surface area contributed by atoms with E-state index in [2.05, 4.69) is 15.4 Å². The second kappa shape index (κ2) is 9.48. The van der Waals surface area contributed by atoms with Gasteiger partial charge in [-0.15, -0.1) is 0 Å². The van der Waals surface area contributed by atoms with Crippen molar-refractivity contribution in [1.82, 2.24) is 5.32 Å². The molecule has 7 nitrogen and oxygen atoms in total. The summed E-state index contributed by atoms with van der Waals surface area (Å²) in [6, 6.07) is 5.37. The van der Waals surface area contributed by atoms with Crippen LogP contribution >= 0.6 is 11.8 Å². The van der Waals surface area contributed by atoms with Gasteiger partial charge in [0.25, 0.3) is 17.6 Å². The number of anilines is 1. The van der Waals surface area contributed by atoms with Crippen LogP contribution < -0.4 is 15.5 Å². The number of nitrogens with one attached hydrogen (secondary N) is 3. The lowest BCUT2D eigenvalue weighted by Crippen LogP contribution is -3.20. The van der Waals surface area contributed by atoms with Crippen LogP contribution in [-0.2, 0) is 19.1 Å². The van der Waals surface area contributed by atoms with Crippen LogP contribution in [0.4, 0.5) is 14.5 Å². The highest BCUT2D eigenvalue weighted by atomic mass is 32.2. The number of esters is 1. The molecule has 142 valence electrons.